The van der Waals surface area contributed by atoms with Gasteiger partial charge < -0.3 is 4.98 Å². The number of hydrogen-bond acceptors (Lipinski definition) is 1. The van der Waals surface area contributed by atoms with Crippen molar-refractivity contribution in [3.8, 4) is 0 Å². The number of para-hydroxylation sites is 1. The van der Waals surface area contributed by atoms with E-state index in [0.29, 0.717) is 12.2 Å². The molecular weight excluding hydrogens is 230 g/mol. The zero-order valence-electron chi connectivity index (χ0n) is 9.61. The normalized spacial score (nSPS) is 12.5. The molecule has 1 aromatic carbocycles. The average molecular weight is 245 g/mol. The first kappa shape index (κ1) is 11.9. The number of aromatic nitrogens is 1. The molecule has 1 heterocycles. The maximum Gasteiger partial charge on any atom is 0.0680 e. The monoisotopic (exact) mass is 245 g/mol. The minimum absolute atomic E-state index is 0.478. The molecule has 1 N–H and O–H groups in total. The Morgan fingerprint density at radius 3 is 2.71 bits per heavy atom. The number of H-pyrrole nitrogens is 1. The fourth-order valence-corrected chi connectivity index (χ4v) is 3.12. The van der Waals surface area contributed by atoms with Crippen molar-refractivity contribution in [2.75, 3.05) is 5.75 Å². The summed E-state index contributed by atoms with van der Waals surface area (Å²) in [4.78, 5) is 4.20. The SMILES string of the molecule is C=CCc1[nH]c2ccccc2c1[S@@](=O)CC=C. The Hall–Kier alpha value is -1.61. The summed E-state index contributed by atoms with van der Waals surface area (Å²) in [5, 5.41) is 1.03. The molecule has 0 aliphatic rings. The van der Waals surface area contributed by atoms with Crippen molar-refractivity contribution in [1.82, 2.24) is 4.98 Å². The van der Waals surface area contributed by atoms with E-state index in [0.717, 1.165) is 21.5 Å². The standard InChI is InChI=1S/C14H15NOS/c1-3-7-13-14(17(16)10-4-2)11-8-5-6-9-12(11)15-13/h3-6,8-9,15H,1-2,7,10H2/t17-/m0/s1. The molecule has 0 bridgehead atoms. The van der Waals surface area contributed by atoms with Gasteiger partial charge in [-0.1, -0.05) is 30.4 Å². The van der Waals surface area contributed by atoms with E-state index in [9.17, 15) is 4.21 Å². The lowest BCUT2D eigenvalue weighted by Crippen LogP contribution is -1.98. The van der Waals surface area contributed by atoms with Gasteiger partial charge in [-0.15, -0.1) is 13.2 Å². The molecule has 2 nitrogen and oxygen atoms in total. The molecular formula is C14H15NOS. The Kier molecular flexibility index (Phi) is 3.59. The molecule has 1 aromatic heterocycles. The fourth-order valence-electron chi connectivity index (χ4n) is 1.91. The maximum atomic E-state index is 12.2. The van der Waals surface area contributed by atoms with Crippen molar-refractivity contribution in [3.63, 3.8) is 0 Å². The van der Waals surface area contributed by atoms with Crippen LogP contribution in [0.25, 0.3) is 10.9 Å². The topological polar surface area (TPSA) is 32.9 Å². The molecule has 0 fully saturated rings. The summed E-state index contributed by atoms with van der Waals surface area (Å²) in [6.07, 6.45) is 4.21. The van der Waals surface area contributed by atoms with Gasteiger partial charge in [0.15, 0.2) is 0 Å². The van der Waals surface area contributed by atoms with E-state index < -0.39 is 10.8 Å². The molecule has 0 aliphatic carbocycles. The summed E-state index contributed by atoms with van der Waals surface area (Å²) in [7, 11) is -1.04. The molecule has 2 rings (SSSR count). The predicted molar refractivity (Wildman–Crippen MR) is 73.7 cm³/mol. The Labute approximate surface area is 104 Å². The van der Waals surface area contributed by atoms with Crippen LogP contribution in [-0.2, 0) is 17.2 Å². The van der Waals surface area contributed by atoms with Crippen molar-refractivity contribution in [2.45, 2.75) is 11.3 Å². The van der Waals surface area contributed by atoms with Crippen LogP contribution in [0.1, 0.15) is 5.69 Å². The number of nitrogens with one attached hydrogen (secondary N) is 1. The lowest BCUT2D eigenvalue weighted by molar-refractivity contribution is 0.685. The third-order valence-electron chi connectivity index (χ3n) is 2.58. The third kappa shape index (κ3) is 2.24. The summed E-state index contributed by atoms with van der Waals surface area (Å²) in [5.41, 5.74) is 2.01. The molecule has 2 aromatic rings. The smallest absolute Gasteiger partial charge is 0.0680 e. The van der Waals surface area contributed by atoms with Crippen LogP contribution in [0.3, 0.4) is 0 Å². The minimum Gasteiger partial charge on any atom is -0.357 e. The van der Waals surface area contributed by atoms with E-state index in [1.165, 1.54) is 0 Å². The molecule has 17 heavy (non-hydrogen) atoms. The predicted octanol–water partition coefficient (Wildman–Crippen LogP) is 3.19. The molecule has 0 spiro atoms. The molecule has 88 valence electrons. The number of fused-ring (bicyclic) bond motifs is 1. The first-order valence-corrected chi connectivity index (χ1v) is 6.79. The van der Waals surface area contributed by atoms with E-state index in [2.05, 4.69) is 18.1 Å². The first-order chi connectivity index (χ1) is 8.27. The van der Waals surface area contributed by atoms with Crippen LogP contribution in [0.5, 0.6) is 0 Å². The van der Waals surface area contributed by atoms with Crippen molar-refractivity contribution < 1.29 is 4.21 Å². The number of benzene rings is 1. The largest absolute Gasteiger partial charge is 0.357 e. The number of allylic oxidation sites excluding steroid dienone is 1. The average Bonchev–Trinajstić information content (AvgIpc) is 2.67. The van der Waals surface area contributed by atoms with Crippen molar-refractivity contribution in [3.05, 3.63) is 55.3 Å². The summed E-state index contributed by atoms with van der Waals surface area (Å²) in [6.45, 7) is 7.38. The Morgan fingerprint density at radius 1 is 1.24 bits per heavy atom. The highest BCUT2D eigenvalue weighted by Gasteiger charge is 2.14. The van der Waals surface area contributed by atoms with Crippen molar-refractivity contribution in [2.24, 2.45) is 0 Å². The summed E-state index contributed by atoms with van der Waals surface area (Å²) in [6, 6.07) is 7.92. The molecule has 0 amide bonds. The second kappa shape index (κ2) is 5.15. The summed E-state index contributed by atoms with van der Waals surface area (Å²) >= 11 is 0. The fraction of sp³-hybridized carbons (Fsp3) is 0.143. The van der Waals surface area contributed by atoms with Gasteiger partial charge in [-0.2, -0.15) is 0 Å². The quantitative estimate of drug-likeness (QED) is 0.806. The molecule has 0 saturated heterocycles. The number of aromatic amines is 1. The van der Waals surface area contributed by atoms with Crippen LogP contribution >= 0.6 is 0 Å². The van der Waals surface area contributed by atoms with Gasteiger partial charge in [0, 0.05) is 28.8 Å². The van der Waals surface area contributed by atoms with Crippen molar-refractivity contribution in [1.29, 1.82) is 0 Å². The third-order valence-corrected chi connectivity index (χ3v) is 4.04. The maximum absolute atomic E-state index is 12.2. The van der Waals surface area contributed by atoms with Gasteiger partial charge in [-0.3, -0.25) is 4.21 Å². The Balaban J connectivity index is 2.62. The second-order valence-electron chi connectivity index (χ2n) is 3.77. The second-order valence-corrected chi connectivity index (χ2v) is 5.20. The van der Waals surface area contributed by atoms with Crippen LogP contribution < -0.4 is 0 Å². The van der Waals surface area contributed by atoms with E-state index in [1.54, 1.807) is 6.08 Å². The van der Waals surface area contributed by atoms with Crippen LogP contribution in [0.15, 0.2) is 54.5 Å². The highest BCUT2D eigenvalue weighted by molar-refractivity contribution is 7.85. The summed E-state index contributed by atoms with van der Waals surface area (Å²) < 4.78 is 12.2. The Morgan fingerprint density at radius 2 is 2.00 bits per heavy atom. The van der Waals surface area contributed by atoms with Gasteiger partial charge in [-0.25, -0.2) is 0 Å². The van der Waals surface area contributed by atoms with Crippen LogP contribution in [-0.4, -0.2) is 14.9 Å². The zero-order valence-corrected chi connectivity index (χ0v) is 10.4. The minimum atomic E-state index is -1.04. The van der Waals surface area contributed by atoms with Gasteiger partial charge >= 0.3 is 0 Å². The van der Waals surface area contributed by atoms with Gasteiger partial charge in [0.1, 0.15) is 0 Å². The lowest BCUT2D eigenvalue weighted by atomic mass is 10.2. The van der Waals surface area contributed by atoms with E-state index in [4.69, 9.17) is 0 Å². The summed E-state index contributed by atoms with van der Waals surface area (Å²) in [5.74, 6) is 0.478. The molecule has 3 heteroatoms. The van der Waals surface area contributed by atoms with Gasteiger partial charge in [-0.05, 0) is 6.07 Å². The van der Waals surface area contributed by atoms with E-state index in [1.807, 2.05) is 30.3 Å². The van der Waals surface area contributed by atoms with Gasteiger partial charge in [0.2, 0.25) is 0 Å². The molecule has 0 radical (unpaired) electrons. The zero-order chi connectivity index (χ0) is 12.3. The van der Waals surface area contributed by atoms with Gasteiger partial charge in [0.05, 0.1) is 15.7 Å². The number of rotatable bonds is 5. The van der Waals surface area contributed by atoms with Gasteiger partial charge in [0.25, 0.3) is 0 Å². The van der Waals surface area contributed by atoms with Crippen molar-refractivity contribution >= 4 is 21.7 Å². The van der Waals surface area contributed by atoms with E-state index in [-0.39, 0.29) is 0 Å². The molecule has 1 atom stereocenters. The highest BCUT2D eigenvalue weighted by Crippen LogP contribution is 2.26. The molecule has 0 saturated carbocycles. The molecule has 0 unspecified atom stereocenters. The molecule has 0 aliphatic heterocycles. The lowest BCUT2D eigenvalue weighted by Gasteiger charge is -2.00. The van der Waals surface area contributed by atoms with Crippen LogP contribution in [0, 0.1) is 0 Å². The highest BCUT2D eigenvalue weighted by atomic mass is 32.2. The van der Waals surface area contributed by atoms with Crippen LogP contribution in [0.2, 0.25) is 0 Å². The first-order valence-electron chi connectivity index (χ1n) is 5.47. The van der Waals surface area contributed by atoms with E-state index >= 15 is 0 Å². The van der Waals surface area contributed by atoms with Crippen LogP contribution in [0.4, 0.5) is 0 Å². The number of hydrogen-bond donors (Lipinski definition) is 1. The Bertz CT molecular complexity index is 583.